The van der Waals surface area contributed by atoms with Crippen LogP contribution in [0.25, 0.3) is 5.57 Å². The number of rotatable bonds is 8. The molecule has 0 fully saturated rings. The number of hydrogen-bond acceptors (Lipinski definition) is 2. The van der Waals surface area contributed by atoms with Crippen LogP contribution in [0, 0.1) is 0 Å². The summed E-state index contributed by atoms with van der Waals surface area (Å²) in [5, 5.41) is 19.6. The molecule has 142 valence electrons. The highest BCUT2D eigenvalue weighted by atomic mass is 16.3. The van der Waals surface area contributed by atoms with Gasteiger partial charge in [0.05, 0.1) is 0 Å². The monoisotopic (exact) mass is 362 g/mol. The van der Waals surface area contributed by atoms with Crippen molar-refractivity contribution in [2.45, 2.75) is 57.8 Å². The molecule has 2 nitrogen and oxygen atoms in total. The van der Waals surface area contributed by atoms with Crippen LogP contribution in [-0.2, 0) is 6.42 Å². The maximum atomic E-state index is 10.2. The summed E-state index contributed by atoms with van der Waals surface area (Å²) in [5.41, 5.74) is 4.67. The number of benzene rings is 2. The Kier molecular flexibility index (Phi) is 6.75. The standard InChI is InChI=1S/C25H30O2/c1-2-3-4-5-6-7-23-18-22(14-17-25(23)27)21-10-8-19(9-11-21)20-12-15-24(26)16-13-20/h8,10-19,26-27H,2-7,9H2,1H3. The van der Waals surface area contributed by atoms with E-state index in [9.17, 15) is 10.2 Å². The van der Waals surface area contributed by atoms with Crippen molar-refractivity contribution in [3.8, 4) is 11.5 Å². The van der Waals surface area contributed by atoms with Gasteiger partial charge in [-0.2, -0.15) is 0 Å². The molecular formula is C25H30O2. The molecule has 0 spiro atoms. The predicted molar refractivity (Wildman–Crippen MR) is 113 cm³/mol. The second-order valence-corrected chi connectivity index (χ2v) is 7.46. The van der Waals surface area contributed by atoms with Crippen molar-refractivity contribution < 1.29 is 10.2 Å². The van der Waals surface area contributed by atoms with Gasteiger partial charge in [0.2, 0.25) is 0 Å². The number of unbranched alkanes of at least 4 members (excludes halogenated alkanes) is 4. The van der Waals surface area contributed by atoms with E-state index in [0.717, 1.165) is 24.8 Å². The molecule has 1 aliphatic carbocycles. The van der Waals surface area contributed by atoms with Gasteiger partial charge in [0.15, 0.2) is 0 Å². The number of aryl methyl sites for hydroxylation is 1. The molecule has 3 rings (SSSR count). The van der Waals surface area contributed by atoms with E-state index >= 15 is 0 Å². The molecule has 0 saturated heterocycles. The third-order valence-electron chi connectivity index (χ3n) is 5.38. The zero-order valence-corrected chi connectivity index (χ0v) is 16.2. The van der Waals surface area contributed by atoms with Crippen LogP contribution in [0.15, 0.2) is 60.7 Å². The van der Waals surface area contributed by atoms with E-state index in [-0.39, 0.29) is 0 Å². The number of phenols is 2. The number of allylic oxidation sites excluding steroid dienone is 4. The highest BCUT2D eigenvalue weighted by Gasteiger charge is 2.13. The minimum atomic E-state index is 0.307. The number of phenolic OH excluding ortho intramolecular Hbond substituents is 2. The van der Waals surface area contributed by atoms with Crippen LogP contribution in [0.4, 0.5) is 0 Å². The first kappa shape index (κ1) is 19.3. The third kappa shape index (κ3) is 5.26. The molecule has 2 heteroatoms. The van der Waals surface area contributed by atoms with E-state index in [4.69, 9.17) is 0 Å². The van der Waals surface area contributed by atoms with Crippen molar-refractivity contribution in [2.75, 3.05) is 0 Å². The van der Waals surface area contributed by atoms with Gasteiger partial charge in [-0.05, 0) is 65.8 Å². The summed E-state index contributed by atoms with van der Waals surface area (Å²) < 4.78 is 0. The zero-order chi connectivity index (χ0) is 19.1. The Hall–Kier alpha value is -2.48. The van der Waals surface area contributed by atoms with Crippen LogP contribution < -0.4 is 0 Å². The normalized spacial score (nSPS) is 16.3. The van der Waals surface area contributed by atoms with E-state index in [1.165, 1.54) is 42.4 Å². The van der Waals surface area contributed by atoms with Crippen LogP contribution in [-0.4, -0.2) is 10.2 Å². The van der Waals surface area contributed by atoms with Gasteiger partial charge in [0.25, 0.3) is 0 Å². The molecule has 2 aromatic rings. The van der Waals surface area contributed by atoms with Gasteiger partial charge >= 0.3 is 0 Å². The van der Waals surface area contributed by atoms with Crippen molar-refractivity contribution in [1.29, 1.82) is 0 Å². The molecular weight excluding hydrogens is 332 g/mol. The molecule has 2 aromatic carbocycles. The lowest BCUT2D eigenvalue weighted by Crippen LogP contribution is -1.99. The minimum Gasteiger partial charge on any atom is -0.508 e. The first-order chi connectivity index (χ1) is 13.2. The smallest absolute Gasteiger partial charge is 0.118 e. The summed E-state index contributed by atoms with van der Waals surface area (Å²) in [5.74, 6) is 1.07. The van der Waals surface area contributed by atoms with Crippen molar-refractivity contribution in [1.82, 2.24) is 0 Å². The van der Waals surface area contributed by atoms with E-state index in [1.54, 1.807) is 12.1 Å². The number of hydrogen-bond donors (Lipinski definition) is 2. The lowest BCUT2D eigenvalue weighted by atomic mass is 9.87. The summed E-state index contributed by atoms with van der Waals surface area (Å²) >= 11 is 0. The first-order valence-electron chi connectivity index (χ1n) is 10.2. The molecule has 1 aliphatic rings. The molecule has 0 saturated carbocycles. The average molecular weight is 363 g/mol. The Bertz CT molecular complexity index is 800. The highest BCUT2D eigenvalue weighted by molar-refractivity contribution is 5.76. The predicted octanol–water partition coefficient (Wildman–Crippen LogP) is 6.74. The van der Waals surface area contributed by atoms with Crippen LogP contribution in [0.1, 0.15) is 68.1 Å². The fraction of sp³-hybridized carbons (Fsp3) is 0.360. The second kappa shape index (κ2) is 9.45. The SMILES string of the molecule is CCCCCCCc1cc(C2=CCC(c3ccc(O)cc3)C=C2)ccc1O. The average Bonchev–Trinajstić information content (AvgIpc) is 2.70. The van der Waals surface area contributed by atoms with Gasteiger partial charge in [-0.25, -0.2) is 0 Å². The van der Waals surface area contributed by atoms with Crippen molar-refractivity contribution >= 4 is 5.57 Å². The highest BCUT2D eigenvalue weighted by Crippen LogP contribution is 2.33. The molecule has 1 unspecified atom stereocenters. The summed E-state index contributed by atoms with van der Waals surface area (Å²) in [6, 6.07) is 13.4. The fourth-order valence-electron chi connectivity index (χ4n) is 3.69. The molecule has 0 aliphatic heterocycles. The fourth-order valence-corrected chi connectivity index (χ4v) is 3.69. The molecule has 1 atom stereocenters. The maximum Gasteiger partial charge on any atom is 0.118 e. The van der Waals surface area contributed by atoms with Gasteiger partial charge < -0.3 is 10.2 Å². The van der Waals surface area contributed by atoms with Gasteiger partial charge in [-0.3, -0.25) is 0 Å². The largest absolute Gasteiger partial charge is 0.508 e. The number of aromatic hydroxyl groups is 2. The van der Waals surface area contributed by atoms with Crippen molar-refractivity contribution in [2.24, 2.45) is 0 Å². The topological polar surface area (TPSA) is 40.5 Å². The Labute approximate surface area is 162 Å². The molecule has 0 bridgehead atoms. The molecule has 0 radical (unpaired) electrons. The lowest BCUT2D eigenvalue weighted by Gasteiger charge is -2.17. The minimum absolute atomic E-state index is 0.307. The van der Waals surface area contributed by atoms with E-state index in [0.29, 0.717) is 17.4 Å². The van der Waals surface area contributed by atoms with Gasteiger partial charge in [0.1, 0.15) is 11.5 Å². The quantitative estimate of drug-likeness (QED) is 0.511. The summed E-state index contributed by atoms with van der Waals surface area (Å²) in [7, 11) is 0. The van der Waals surface area contributed by atoms with Crippen molar-refractivity contribution in [3.63, 3.8) is 0 Å². The van der Waals surface area contributed by atoms with E-state index in [1.807, 2.05) is 24.3 Å². The first-order valence-corrected chi connectivity index (χ1v) is 10.2. The van der Waals surface area contributed by atoms with Crippen molar-refractivity contribution in [3.05, 3.63) is 77.4 Å². The summed E-state index contributed by atoms with van der Waals surface area (Å²) in [4.78, 5) is 0. The molecule has 27 heavy (non-hydrogen) atoms. The molecule has 0 aromatic heterocycles. The van der Waals surface area contributed by atoms with Gasteiger partial charge in [-0.15, -0.1) is 0 Å². The zero-order valence-electron chi connectivity index (χ0n) is 16.2. The third-order valence-corrected chi connectivity index (χ3v) is 5.38. The van der Waals surface area contributed by atoms with E-state index < -0.39 is 0 Å². The van der Waals surface area contributed by atoms with Crippen LogP contribution in [0.2, 0.25) is 0 Å². The Morgan fingerprint density at radius 2 is 1.70 bits per heavy atom. The Balaban J connectivity index is 1.64. The second-order valence-electron chi connectivity index (χ2n) is 7.46. The maximum absolute atomic E-state index is 10.2. The van der Waals surface area contributed by atoms with E-state index in [2.05, 4.69) is 31.2 Å². The van der Waals surface area contributed by atoms with Gasteiger partial charge in [-0.1, -0.05) is 69.0 Å². The molecule has 0 heterocycles. The Morgan fingerprint density at radius 3 is 2.41 bits per heavy atom. The van der Waals surface area contributed by atoms with Crippen LogP contribution >= 0.6 is 0 Å². The Morgan fingerprint density at radius 1 is 0.926 bits per heavy atom. The van der Waals surface area contributed by atoms with Gasteiger partial charge in [0, 0.05) is 5.92 Å². The van der Waals surface area contributed by atoms with Crippen LogP contribution in [0.3, 0.4) is 0 Å². The summed E-state index contributed by atoms with van der Waals surface area (Å²) in [6.07, 6.45) is 14.8. The molecule has 2 N–H and O–H groups in total. The lowest BCUT2D eigenvalue weighted by molar-refractivity contribution is 0.466. The summed E-state index contributed by atoms with van der Waals surface area (Å²) in [6.45, 7) is 2.23. The van der Waals surface area contributed by atoms with Crippen LogP contribution in [0.5, 0.6) is 11.5 Å². The molecule has 0 amide bonds.